The van der Waals surface area contributed by atoms with E-state index in [-0.39, 0.29) is 23.8 Å². The molecular formula is C32H27Cl2N3O3. The largest absolute Gasteiger partial charge is 0.494 e. The molecule has 0 radical (unpaired) electrons. The van der Waals surface area contributed by atoms with Crippen LogP contribution in [0.3, 0.4) is 0 Å². The predicted octanol–water partition coefficient (Wildman–Crippen LogP) is 7.40. The van der Waals surface area contributed by atoms with E-state index in [9.17, 15) is 9.59 Å². The van der Waals surface area contributed by atoms with E-state index >= 15 is 0 Å². The zero-order chi connectivity index (χ0) is 28.1. The van der Waals surface area contributed by atoms with Gasteiger partial charge in [0.25, 0.3) is 0 Å². The number of amides is 1. The summed E-state index contributed by atoms with van der Waals surface area (Å²) < 4.78 is 5.68. The topological polar surface area (TPSA) is 97.2 Å². The lowest BCUT2D eigenvalue weighted by molar-refractivity contribution is -0.118. The van der Waals surface area contributed by atoms with Crippen LogP contribution in [0.25, 0.3) is 10.9 Å². The second kappa shape index (κ2) is 12.3. The van der Waals surface area contributed by atoms with Crippen LogP contribution in [0.4, 0.5) is 11.4 Å². The molecule has 0 bridgehead atoms. The van der Waals surface area contributed by atoms with Crippen molar-refractivity contribution in [2.45, 2.75) is 18.8 Å². The highest BCUT2D eigenvalue weighted by atomic mass is 35.5. The van der Waals surface area contributed by atoms with E-state index in [1.165, 1.54) is 0 Å². The number of benzene rings is 4. The average molecular weight is 572 g/mol. The molecule has 40 heavy (non-hydrogen) atoms. The Bertz CT molecular complexity index is 1640. The number of pyridine rings is 1. The number of primary amides is 1. The number of fused-ring (bicyclic) bond motifs is 1. The number of ether oxygens (including phenoxy) is 1. The Morgan fingerprint density at radius 3 is 2.02 bits per heavy atom. The molecule has 0 unspecified atom stereocenters. The van der Waals surface area contributed by atoms with Crippen molar-refractivity contribution in [3.05, 3.63) is 134 Å². The second-order valence-electron chi connectivity index (χ2n) is 9.46. The van der Waals surface area contributed by atoms with Gasteiger partial charge in [0.1, 0.15) is 5.75 Å². The molecule has 0 atom stereocenters. The highest BCUT2D eigenvalue weighted by Crippen LogP contribution is 2.36. The first-order valence-corrected chi connectivity index (χ1v) is 13.6. The number of carbonyl (C=O) groups is 1. The van der Waals surface area contributed by atoms with E-state index in [1.807, 2.05) is 84.9 Å². The molecule has 0 spiro atoms. The van der Waals surface area contributed by atoms with Gasteiger partial charge in [-0.25, -0.2) is 0 Å². The Morgan fingerprint density at radius 2 is 1.43 bits per heavy atom. The molecule has 0 saturated carbocycles. The molecule has 0 aliphatic carbocycles. The van der Waals surface area contributed by atoms with Crippen LogP contribution in [0, 0.1) is 0 Å². The maximum atomic E-state index is 12.5. The van der Waals surface area contributed by atoms with E-state index < -0.39 is 0 Å². The van der Waals surface area contributed by atoms with Crippen molar-refractivity contribution in [3.63, 3.8) is 0 Å². The molecule has 8 heteroatoms. The fraction of sp³-hybridized carbons (Fsp3) is 0.125. The Morgan fingerprint density at radius 1 is 0.825 bits per heavy atom. The number of nitrogens with two attached hydrogens (primary N) is 1. The van der Waals surface area contributed by atoms with Gasteiger partial charge in [-0.05, 0) is 83.8 Å². The molecule has 5 rings (SSSR count). The highest BCUT2D eigenvalue weighted by Gasteiger charge is 2.18. The van der Waals surface area contributed by atoms with Gasteiger partial charge in [0.15, 0.2) is 0 Å². The number of nitrogens with one attached hydrogen (secondary N) is 2. The van der Waals surface area contributed by atoms with Crippen LogP contribution in [-0.4, -0.2) is 17.5 Å². The van der Waals surface area contributed by atoms with Crippen LogP contribution in [-0.2, 0) is 4.79 Å². The van der Waals surface area contributed by atoms with E-state index in [4.69, 9.17) is 33.7 Å². The fourth-order valence-electron chi connectivity index (χ4n) is 4.67. The van der Waals surface area contributed by atoms with Crippen molar-refractivity contribution < 1.29 is 9.53 Å². The van der Waals surface area contributed by atoms with Crippen LogP contribution in [0.1, 0.15) is 35.4 Å². The zero-order valence-corrected chi connectivity index (χ0v) is 23.0. The van der Waals surface area contributed by atoms with Gasteiger partial charge in [0.2, 0.25) is 11.5 Å². The Labute approximate surface area is 241 Å². The van der Waals surface area contributed by atoms with Gasteiger partial charge in [-0.2, -0.15) is 0 Å². The first kappa shape index (κ1) is 27.3. The standard InChI is InChI=1S/C32H27Cl2N3O3/c33-23-8-3-20(4-9-23)32(21-5-10-24(34)11-6-21)22-7-16-28-27(18-22)29(19-31(39)37-28)36-25-12-14-26(15-13-25)40-17-1-2-30(35)38/h3-16,18-19,32H,1-2,17H2,(H2,35,38)(H2,36,37,39). The lowest BCUT2D eigenvalue weighted by Crippen LogP contribution is -2.11. The molecule has 0 fully saturated rings. The summed E-state index contributed by atoms with van der Waals surface area (Å²) in [4.78, 5) is 26.3. The van der Waals surface area contributed by atoms with Gasteiger partial charge < -0.3 is 20.8 Å². The maximum Gasteiger partial charge on any atom is 0.250 e. The van der Waals surface area contributed by atoms with Gasteiger partial charge in [0, 0.05) is 39.5 Å². The molecule has 6 nitrogen and oxygen atoms in total. The molecule has 4 aromatic carbocycles. The first-order chi connectivity index (χ1) is 19.4. The van der Waals surface area contributed by atoms with E-state index in [0.717, 1.165) is 33.3 Å². The van der Waals surface area contributed by atoms with Gasteiger partial charge in [-0.3, -0.25) is 9.59 Å². The second-order valence-corrected chi connectivity index (χ2v) is 10.3. The summed E-state index contributed by atoms with van der Waals surface area (Å²) in [7, 11) is 0. The number of H-pyrrole nitrogens is 1. The summed E-state index contributed by atoms with van der Waals surface area (Å²) in [5.41, 5.74) is 10.4. The number of rotatable bonds is 10. The minimum atomic E-state index is -0.343. The normalized spacial score (nSPS) is 11.1. The van der Waals surface area contributed by atoms with Crippen molar-refractivity contribution in [2.24, 2.45) is 5.73 Å². The zero-order valence-electron chi connectivity index (χ0n) is 21.5. The van der Waals surface area contributed by atoms with E-state index in [2.05, 4.69) is 16.4 Å². The van der Waals surface area contributed by atoms with Gasteiger partial charge >= 0.3 is 0 Å². The number of carbonyl (C=O) groups excluding carboxylic acids is 1. The SMILES string of the molecule is NC(=O)CCCOc1ccc(Nc2cc(=O)[nH]c3ccc(C(c4ccc(Cl)cc4)c4ccc(Cl)cc4)cc23)cc1. The lowest BCUT2D eigenvalue weighted by atomic mass is 9.84. The average Bonchev–Trinajstić information content (AvgIpc) is 2.94. The summed E-state index contributed by atoms with van der Waals surface area (Å²) in [6, 6.07) is 30.7. The third-order valence-electron chi connectivity index (χ3n) is 6.58. The number of aromatic nitrogens is 1. The summed E-state index contributed by atoms with van der Waals surface area (Å²) >= 11 is 12.4. The fourth-order valence-corrected chi connectivity index (χ4v) is 4.92. The summed E-state index contributed by atoms with van der Waals surface area (Å²) in [6.45, 7) is 0.402. The molecule has 1 heterocycles. The molecule has 1 aromatic heterocycles. The summed E-state index contributed by atoms with van der Waals surface area (Å²) in [5.74, 6) is 0.260. The minimum Gasteiger partial charge on any atom is -0.494 e. The molecular weight excluding hydrogens is 545 g/mol. The van der Waals surface area contributed by atoms with Gasteiger partial charge in [0.05, 0.1) is 17.8 Å². The van der Waals surface area contributed by atoms with Crippen LogP contribution in [0.15, 0.2) is 102 Å². The Hall–Kier alpha value is -4.26. The van der Waals surface area contributed by atoms with E-state index in [0.29, 0.717) is 34.5 Å². The molecule has 1 amide bonds. The number of halogens is 2. The minimum absolute atomic E-state index is 0.0790. The third kappa shape index (κ3) is 6.65. The van der Waals surface area contributed by atoms with Crippen molar-refractivity contribution >= 4 is 51.4 Å². The van der Waals surface area contributed by atoms with Crippen LogP contribution < -0.4 is 21.3 Å². The number of hydrogen-bond donors (Lipinski definition) is 3. The Balaban J connectivity index is 1.48. The first-order valence-electron chi connectivity index (χ1n) is 12.8. The van der Waals surface area contributed by atoms with Crippen molar-refractivity contribution in [1.29, 1.82) is 0 Å². The van der Waals surface area contributed by atoms with Gasteiger partial charge in [-0.1, -0.05) is 53.5 Å². The maximum absolute atomic E-state index is 12.5. The van der Waals surface area contributed by atoms with E-state index in [1.54, 1.807) is 6.07 Å². The molecule has 0 aliphatic heterocycles. The van der Waals surface area contributed by atoms with Crippen LogP contribution in [0.2, 0.25) is 10.0 Å². The lowest BCUT2D eigenvalue weighted by Gasteiger charge is -2.20. The monoisotopic (exact) mass is 571 g/mol. The number of hydrogen-bond acceptors (Lipinski definition) is 4. The van der Waals surface area contributed by atoms with Crippen LogP contribution >= 0.6 is 23.2 Å². The van der Waals surface area contributed by atoms with Gasteiger partial charge in [-0.15, -0.1) is 0 Å². The summed E-state index contributed by atoms with van der Waals surface area (Å²) in [5, 5.41) is 5.60. The van der Waals surface area contributed by atoms with Crippen molar-refractivity contribution in [3.8, 4) is 5.75 Å². The smallest absolute Gasteiger partial charge is 0.250 e. The van der Waals surface area contributed by atoms with Crippen molar-refractivity contribution in [2.75, 3.05) is 11.9 Å². The molecule has 4 N–H and O–H groups in total. The third-order valence-corrected chi connectivity index (χ3v) is 7.08. The molecule has 202 valence electrons. The Kier molecular flexibility index (Phi) is 8.39. The van der Waals surface area contributed by atoms with Crippen molar-refractivity contribution in [1.82, 2.24) is 4.98 Å². The summed E-state index contributed by atoms with van der Waals surface area (Å²) in [6.07, 6.45) is 0.845. The predicted molar refractivity (Wildman–Crippen MR) is 162 cm³/mol. The molecule has 0 aliphatic rings. The number of aromatic amines is 1. The number of anilines is 2. The highest BCUT2D eigenvalue weighted by molar-refractivity contribution is 6.30. The van der Waals surface area contributed by atoms with Crippen LogP contribution in [0.5, 0.6) is 5.75 Å². The molecule has 0 saturated heterocycles. The quantitative estimate of drug-likeness (QED) is 0.120. The molecule has 5 aromatic rings.